The van der Waals surface area contributed by atoms with E-state index in [2.05, 4.69) is 23.9 Å². The van der Waals surface area contributed by atoms with Crippen LogP contribution in [0.4, 0.5) is 0 Å². The maximum absolute atomic E-state index is 4.94. The molecule has 0 aliphatic carbocycles. The minimum absolute atomic E-state index is 0. The van der Waals surface area contributed by atoms with Gasteiger partial charge >= 0.3 is 11.4 Å². The third-order valence-electron chi connectivity index (χ3n) is 1.14. The zero-order valence-corrected chi connectivity index (χ0v) is 12.1. The molecule has 1 aromatic heterocycles. The van der Waals surface area contributed by atoms with Crippen LogP contribution in [0.25, 0.3) is 0 Å². The standard InChI is InChI=1S/C7H10N.Al.BrH.3ClH/c1-2-8-6-4-3-5-7-8;;;;;/h3-7H,2H2,1H3;;4*1H/q+1;+3;;;;/p-4. The van der Waals surface area contributed by atoms with Crippen molar-refractivity contribution in [3.8, 4) is 0 Å². The van der Waals surface area contributed by atoms with Gasteiger partial charge in [0.05, 0.1) is 0 Å². The van der Waals surface area contributed by atoms with Crippen molar-refractivity contribution in [1.29, 1.82) is 0 Å². The summed E-state index contributed by atoms with van der Waals surface area (Å²) in [6.07, 6.45) is 4.11. The van der Waals surface area contributed by atoms with Gasteiger partial charge < -0.3 is 17.0 Å². The number of nitrogens with zero attached hydrogens (tertiary/aromatic N) is 1. The molecule has 1 heterocycles. The van der Waals surface area contributed by atoms with Gasteiger partial charge in [-0.3, -0.25) is 0 Å². The van der Waals surface area contributed by atoms with E-state index in [1.165, 1.54) is 0 Å². The van der Waals surface area contributed by atoms with Gasteiger partial charge in [0.2, 0.25) is 0 Å². The molecule has 1 rings (SSSR count). The molecule has 74 valence electrons. The van der Waals surface area contributed by atoms with Crippen LogP contribution in [0, 0.1) is 0 Å². The van der Waals surface area contributed by atoms with Crippen LogP contribution >= 0.6 is 30.1 Å². The molecule has 0 saturated heterocycles. The molecule has 0 saturated carbocycles. The monoisotopic (exact) mass is 319 g/mol. The largest absolute Gasteiger partial charge is 1.00 e. The first kappa shape index (κ1) is 16.5. The molecule has 0 atom stereocenters. The van der Waals surface area contributed by atoms with Gasteiger partial charge in [0.15, 0.2) is 12.4 Å². The fourth-order valence-corrected chi connectivity index (χ4v) is 0.645. The van der Waals surface area contributed by atoms with Crippen molar-refractivity contribution in [2.24, 2.45) is 0 Å². The van der Waals surface area contributed by atoms with Crippen LogP contribution < -0.4 is 21.5 Å². The van der Waals surface area contributed by atoms with Crippen molar-refractivity contribution in [1.82, 2.24) is 0 Å². The van der Waals surface area contributed by atoms with Crippen molar-refractivity contribution < 1.29 is 21.5 Å². The van der Waals surface area contributed by atoms with Crippen LogP contribution in [-0.2, 0) is 6.54 Å². The Labute approximate surface area is 106 Å². The number of aromatic nitrogens is 1. The first-order valence-corrected chi connectivity index (χ1v) is 8.76. The van der Waals surface area contributed by atoms with Gasteiger partial charge in [-0.25, -0.2) is 34.7 Å². The van der Waals surface area contributed by atoms with Crippen molar-refractivity contribution in [3.05, 3.63) is 30.6 Å². The van der Waals surface area contributed by atoms with Crippen LogP contribution in [0.5, 0.6) is 0 Å². The molecule has 0 unspecified atom stereocenters. The van der Waals surface area contributed by atoms with E-state index in [1.54, 1.807) is 0 Å². The summed E-state index contributed by atoms with van der Waals surface area (Å²) in [5.41, 5.74) is 0. The highest BCUT2D eigenvalue weighted by Gasteiger charge is 2.00. The summed E-state index contributed by atoms with van der Waals surface area (Å²) in [4.78, 5) is 0. The summed E-state index contributed by atoms with van der Waals surface area (Å²) in [5, 5.41) is 0. The molecule has 0 N–H and O–H groups in total. The Hall–Kier alpha value is 1.03. The van der Waals surface area contributed by atoms with E-state index in [4.69, 9.17) is 30.1 Å². The minimum Gasteiger partial charge on any atom is -1.00 e. The average Bonchev–Trinajstić information content (AvgIpc) is 2.05. The van der Waals surface area contributed by atoms with E-state index < -0.39 is 11.4 Å². The van der Waals surface area contributed by atoms with E-state index in [0.29, 0.717) is 0 Å². The molecule has 0 aliphatic rings. The Morgan fingerprint density at radius 1 is 1.08 bits per heavy atom. The maximum atomic E-state index is 4.94. The third-order valence-corrected chi connectivity index (χ3v) is 1.14. The Balaban J connectivity index is 0. The molecule has 1 aromatic rings. The van der Waals surface area contributed by atoms with Crippen LogP contribution in [0.3, 0.4) is 0 Å². The van der Waals surface area contributed by atoms with Gasteiger partial charge in [-0.2, -0.15) is 0 Å². The number of hydrogen-bond acceptors (Lipinski definition) is 0. The van der Waals surface area contributed by atoms with Crippen LogP contribution in [0.1, 0.15) is 6.92 Å². The first-order chi connectivity index (χ1) is 5.66. The maximum Gasteiger partial charge on any atom is 0.643 e. The smallest absolute Gasteiger partial charge is 0.643 e. The molecule has 0 amide bonds. The second-order valence-corrected chi connectivity index (χ2v) is 8.39. The molecule has 0 bridgehead atoms. The summed E-state index contributed by atoms with van der Waals surface area (Å²) in [6.45, 7) is 3.18. The molecule has 1 nitrogen and oxygen atoms in total. The Morgan fingerprint density at radius 2 is 1.46 bits per heavy atom. The van der Waals surface area contributed by atoms with Gasteiger partial charge in [0, 0.05) is 12.1 Å². The Kier molecular flexibility index (Phi) is 14.1. The molecule has 0 fully saturated rings. The lowest BCUT2D eigenvalue weighted by Crippen LogP contribution is -3.00. The Morgan fingerprint density at radius 3 is 1.69 bits per heavy atom. The van der Waals surface area contributed by atoms with E-state index in [1.807, 2.05) is 18.2 Å². The summed E-state index contributed by atoms with van der Waals surface area (Å²) in [5.74, 6) is 0. The number of pyridine rings is 1. The summed E-state index contributed by atoms with van der Waals surface area (Å²) < 4.78 is 2.12. The van der Waals surface area contributed by atoms with Crippen molar-refractivity contribution in [2.75, 3.05) is 0 Å². The lowest BCUT2D eigenvalue weighted by Gasteiger charge is -1.84. The molecular weight excluding hydrogens is 311 g/mol. The molecule has 0 aliphatic heterocycles. The SMILES string of the molecule is CC[n+]1ccccc1.[Br-].[Cl][Al]([Cl])[Cl]. The van der Waals surface area contributed by atoms with E-state index in [-0.39, 0.29) is 17.0 Å². The lowest BCUT2D eigenvalue weighted by atomic mass is 10.5. The highest BCUT2D eigenvalue weighted by Crippen LogP contribution is 1.97. The molecule has 0 radical (unpaired) electrons. The number of aryl methyl sites for hydroxylation is 1. The van der Waals surface area contributed by atoms with Gasteiger partial charge in [-0.15, -0.1) is 0 Å². The van der Waals surface area contributed by atoms with Gasteiger partial charge in [-0.05, 0) is 6.92 Å². The fourth-order valence-electron chi connectivity index (χ4n) is 0.645. The van der Waals surface area contributed by atoms with Crippen LogP contribution in [0.2, 0.25) is 0 Å². The van der Waals surface area contributed by atoms with Crippen molar-refractivity contribution in [3.63, 3.8) is 0 Å². The van der Waals surface area contributed by atoms with Gasteiger partial charge in [-0.1, -0.05) is 6.07 Å². The van der Waals surface area contributed by atoms with Gasteiger partial charge in [0.1, 0.15) is 6.54 Å². The molecule has 13 heavy (non-hydrogen) atoms. The zero-order valence-electron chi connectivity index (χ0n) is 7.13. The number of hydrogen-bond donors (Lipinski definition) is 0. The minimum atomic E-state index is -1.72. The van der Waals surface area contributed by atoms with Crippen LogP contribution in [0.15, 0.2) is 30.6 Å². The predicted octanol–water partition coefficient (Wildman–Crippen LogP) is -0.314. The van der Waals surface area contributed by atoms with Crippen LogP contribution in [-0.4, -0.2) is 11.4 Å². The zero-order chi connectivity index (χ0) is 9.40. The highest BCUT2D eigenvalue weighted by molar-refractivity contribution is 7.54. The lowest BCUT2D eigenvalue weighted by molar-refractivity contribution is -0.693. The van der Waals surface area contributed by atoms with E-state index in [9.17, 15) is 0 Å². The molecule has 0 spiro atoms. The predicted molar refractivity (Wildman–Crippen MR) is 55.6 cm³/mol. The van der Waals surface area contributed by atoms with Crippen molar-refractivity contribution in [2.45, 2.75) is 13.5 Å². The molecular formula is C7H10AlBrCl3N. The number of halogens is 4. The summed E-state index contributed by atoms with van der Waals surface area (Å²) in [7, 11) is 14.8. The number of rotatable bonds is 1. The average molecular weight is 321 g/mol. The quantitative estimate of drug-likeness (QED) is 0.493. The Bertz CT molecular complexity index is 195. The molecule has 6 heteroatoms. The highest BCUT2D eigenvalue weighted by atomic mass is 79.9. The molecule has 0 aromatic carbocycles. The summed E-state index contributed by atoms with van der Waals surface area (Å²) in [6, 6.07) is 6.08. The van der Waals surface area contributed by atoms with E-state index in [0.717, 1.165) is 6.54 Å². The van der Waals surface area contributed by atoms with E-state index >= 15 is 0 Å². The van der Waals surface area contributed by atoms with Gasteiger partial charge in [0.25, 0.3) is 0 Å². The third kappa shape index (κ3) is 13.0. The second-order valence-electron chi connectivity index (χ2n) is 1.95. The fraction of sp³-hybridized carbons (Fsp3) is 0.286. The second kappa shape index (κ2) is 11.1. The topological polar surface area (TPSA) is 3.88 Å². The summed E-state index contributed by atoms with van der Waals surface area (Å²) >= 11 is -1.72. The van der Waals surface area contributed by atoms with Crippen molar-refractivity contribution >= 4 is 41.5 Å². The first-order valence-electron chi connectivity index (χ1n) is 3.53. The normalized spacial score (nSPS) is 7.69.